The van der Waals surface area contributed by atoms with Gasteiger partial charge in [-0.3, -0.25) is 0 Å². The number of fused-ring (bicyclic) bond motifs is 6. The summed E-state index contributed by atoms with van der Waals surface area (Å²) < 4.78 is 2.40. The van der Waals surface area contributed by atoms with Crippen LogP contribution in [0.15, 0.2) is 194 Å². The Morgan fingerprint density at radius 1 is 0.291 bits per heavy atom. The van der Waals surface area contributed by atoms with Gasteiger partial charge in [0.05, 0.1) is 16.7 Å². The van der Waals surface area contributed by atoms with Crippen molar-refractivity contribution in [1.29, 1.82) is 0 Å². The van der Waals surface area contributed by atoms with Crippen LogP contribution in [0.1, 0.15) is 0 Å². The normalized spacial score (nSPS) is 11.6. The Bertz CT molecular complexity index is 3170. The molecule has 0 aliphatic rings. The van der Waals surface area contributed by atoms with Crippen molar-refractivity contribution >= 4 is 54.1 Å². The highest BCUT2D eigenvalue weighted by atomic mass is 15.0. The first kappa shape index (κ1) is 31.1. The van der Waals surface area contributed by atoms with Gasteiger partial charge in [0, 0.05) is 32.8 Å². The van der Waals surface area contributed by atoms with Crippen LogP contribution in [0.3, 0.4) is 0 Å². The maximum atomic E-state index is 5.22. The van der Waals surface area contributed by atoms with Crippen LogP contribution in [0.25, 0.3) is 105 Å². The number of hydrogen-bond donors (Lipinski definition) is 0. The zero-order valence-corrected chi connectivity index (χ0v) is 29.8. The first-order valence-corrected chi connectivity index (χ1v) is 18.6. The molecule has 0 radical (unpaired) electrons. The van der Waals surface area contributed by atoms with Gasteiger partial charge in [0.2, 0.25) is 0 Å². The van der Waals surface area contributed by atoms with Gasteiger partial charge < -0.3 is 4.57 Å². The molecule has 11 aromatic rings. The molecule has 4 nitrogen and oxygen atoms in total. The van der Waals surface area contributed by atoms with E-state index in [1.807, 2.05) is 0 Å². The summed E-state index contributed by atoms with van der Waals surface area (Å²) >= 11 is 0. The van der Waals surface area contributed by atoms with E-state index >= 15 is 0 Å². The van der Waals surface area contributed by atoms with E-state index in [2.05, 4.69) is 199 Å². The van der Waals surface area contributed by atoms with Crippen molar-refractivity contribution in [3.63, 3.8) is 0 Å². The smallest absolute Gasteiger partial charge is 0.164 e. The summed E-state index contributed by atoms with van der Waals surface area (Å²) in [6, 6.07) is 68.8. The molecule has 0 bridgehead atoms. The van der Waals surface area contributed by atoms with Gasteiger partial charge in [-0.05, 0) is 80.5 Å². The lowest BCUT2D eigenvalue weighted by Crippen LogP contribution is -2.02. The van der Waals surface area contributed by atoms with Gasteiger partial charge in [-0.1, -0.05) is 152 Å². The Kier molecular flexibility index (Phi) is 7.14. The molecule has 4 heteroatoms. The number of nitrogens with zero attached hydrogens (tertiary/aromatic N) is 4. The predicted octanol–water partition coefficient (Wildman–Crippen LogP) is 13.1. The van der Waals surface area contributed by atoms with E-state index < -0.39 is 0 Å². The molecule has 0 amide bonds. The molecule has 0 atom stereocenters. The molecule has 256 valence electrons. The topological polar surface area (TPSA) is 43.6 Å². The molecule has 2 heterocycles. The Balaban J connectivity index is 1.13. The van der Waals surface area contributed by atoms with Crippen LogP contribution in [-0.2, 0) is 0 Å². The van der Waals surface area contributed by atoms with Crippen LogP contribution < -0.4 is 0 Å². The van der Waals surface area contributed by atoms with Crippen LogP contribution in [-0.4, -0.2) is 19.5 Å². The molecule has 0 fully saturated rings. The van der Waals surface area contributed by atoms with Crippen molar-refractivity contribution in [2.75, 3.05) is 0 Å². The van der Waals surface area contributed by atoms with Crippen molar-refractivity contribution in [3.05, 3.63) is 194 Å². The summed E-state index contributed by atoms with van der Waals surface area (Å²) in [6.07, 6.45) is 0. The van der Waals surface area contributed by atoms with Gasteiger partial charge >= 0.3 is 0 Å². The molecule has 11 rings (SSSR count). The van der Waals surface area contributed by atoms with Gasteiger partial charge in [0.25, 0.3) is 0 Å². The summed E-state index contributed by atoms with van der Waals surface area (Å²) in [5, 5.41) is 9.29. The van der Waals surface area contributed by atoms with Gasteiger partial charge in [-0.2, -0.15) is 0 Å². The van der Waals surface area contributed by atoms with Crippen LogP contribution in [0.4, 0.5) is 0 Å². The molecule has 0 N–H and O–H groups in total. The van der Waals surface area contributed by atoms with Crippen LogP contribution in [0, 0.1) is 0 Å². The van der Waals surface area contributed by atoms with Crippen molar-refractivity contribution in [3.8, 4) is 51.0 Å². The van der Waals surface area contributed by atoms with Crippen molar-refractivity contribution in [2.24, 2.45) is 0 Å². The van der Waals surface area contributed by atoms with E-state index in [-0.39, 0.29) is 0 Å². The number of para-hydroxylation sites is 1. The molecule has 0 saturated carbocycles. The molecule has 0 unspecified atom stereocenters. The second kappa shape index (κ2) is 12.6. The Labute approximate surface area is 317 Å². The standard InChI is InChI=1S/C51H32N4/c1-2-12-33(13-3-1)38-26-28-48-45(32-38)43-20-10-11-21-46(43)55(48)47-29-27-44(41-18-8-9-19-42(41)47)51-53-49(39-24-22-34-14-4-6-16-36(34)30-39)52-50(54-51)40-25-23-35-15-5-7-17-37(35)31-40/h1-32H. The molecule has 2 aromatic heterocycles. The first-order valence-electron chi connectivity index (χ1n) is 18.6. The van der Waals surface area contributed by atoms with E-state index in [1.54, 1.807) is 0 Å². The summed E-state index contributed by atoms with van der Waals surface area (Å²) in [4.78, 5) is 15.6. The monoisotopic (exact) mass is 700 g/mol. The Morgan fingerprint density at radius 3 is 1.51 bits per heavy atom. The Morgan fingerprint density at radius 2 is 0.818 bits per heavy atom. The highest BCUT2D eigenvalue weighted by Gasteiger charge is 2.19. The zero-order chi connectivity index (χ0) is 36.3. The maximum Gasteiger partial charge on any atom is 0.164 e. The summed E-state index contributed by atoms with van der Waals surface area (Å²) in [5.41, 5.74) is 8.70. The lowest BCUT2D eigenvalue weighted by molar-refractivity contribution is 1.08. The second-order valence-corrected chi connectivity index (χ2v) is 14.1. The van der Waals surface area contributed by atoms with Gasteiger partial charge in [0.15, 0.2) is 17.5 Å². The van der Waals surface area contributed by atoms with Crippen molar-refractivity contribution < 1.29 is 0 Å². The average Bonchev–Trinajstić information content (AvgIpc) is 3.59. The SMILES string of the molecule is c1ccc(-c2ccc3c(c2)c2ccccc2n3-c2ccc(-c3nc(-c4ccc5ccccc5c4)nc(-c4ccc5ccccc5c4)n3)c3ccccc23)cc1. The van der Waals surface area contributed by atoms with E-state index in [9.17, 15) is 0 Å². The van der Waals surface area contributed by atoms with Gasteiger partial charge in [0.1, 0.15) is 0 Å². The molecule has 0 saturated heterocycles. The molecule has 0 aliphatic heterocycles. The predicted molar refractivity (Wildman–Crippen MR) is 228 cm³/mol. The zero-order valence-electron chi connectivity index (χ0n) is 29.8. The summed E-state index contributed by atoms with van der Waals surface area (Å²) in [7, 11) is 0. The molecule has 0 spiro atoms. The number of hydrogen-bond acceptors (Lipinski definition) is 3. The van der Waals surface area contributed by atoms with Crippen LogP contribution >= 0.6 is 0 Å². The van der Waals surface area contributed by atoms with E-state index in [1.165, 1.54) is 32.7 Å². The molecular formula is C51H32N4. The number of rotatable bonds is 5. The fourth-order valence-corrected chi connectivity index (χ4v) is 8.13. The minimum Gasteiger partial charge on any atom is -0.309 e. The van der Waals surface area contributed by atoms with Gasteiger partial charge in [-0.25, -0.2) is 15.0 Å². The summed E-state index contributed by atoms with van der Waals surface area (Å²) in [6.45, 7) is 0. The fraction of sp³-hybridized carbons (Fsp3) is 0. The minimum atomic E-state index is 0.638. The Hall–Kier alpha value is -7.43. The third-order valence-corrected chi connectivity index (χ3v) is 10.8. The van der Waals surface area contributed by atoms with Gasteiger partial charge in [-0.15, -0.1) is 0 Å². The van der Waals surface area contributed by atoms with Crippen molar-refractivity contribution in [2.45, 2.75) is 0 Å². The molecule has 0 aliphatic carbocycles. The molecular weight excluding hydrogens is 669 g/mol. The largest absolute Gasteiger partial charge is 0.309 e. The van der Waals surface area contributed by atoms with E-state index in [4.69, 9.17) is 15.0 Å². The highest BCUT2D eigenvalue weighted by Crippen LogP contribution is 2.39. The third kappa shape index (κ3) is 5.26. The second-order valence-electron chi connectivity index (χ2n) is 14.1. The quantitative estimate of drug-likeness (QED) is 0.179. The molecule has 55 heavy (non-hydrogen) atoms. The summed E-state index contributed by atoms with van der Waals surface area (Å²) in [5.74, 6) is 1.92. The maximum absolute atomic E-state index is 5.22. The van der Waals surface area contributed by atoms with Crippen molar-refractivity contribution in [1.82, 2.24) is 19.5 Å². The van der Waals surface area contributed by atoms with Crippen LogP contribution in [0.5, 0.6) is 0 Å². The van der Waals surface area contributed by atoms with E-state index in [0.717, 1.165) is 55.0 Å². The third-order valence-electron chi connectivity index (χ3n) is 10.8. The first-order chi connectivity index (χ1) is 27.2. The fourth-order valence-electron chi connectivity index (χ4n) is 8.13. The lowest BCUT2D eigenvalue weighted by Gasteiger charge is -2.15. The average molecular weight is 701 g/mol. The van der Waals surface area contributed by atoms with E-state index in [0.29, 0.717) is 17.5 Å². The number of benzene rings is 9. The minimum absolute atomic E-state index is 0.638. The molecule has 9 aromatic carbocycles. The number of aromatic nitrogens is 4. The highest BCUT2D eigenvalue weighted by molar-refractivity contribution is 6.12. The van der Waals surface area contributed by atoms with Crippen LogP contribution in [0.2, 0.25) is 0 Å². The lowest BCUT2D eigenvalue weighted by atomic mass is 10.0.